The van der Waals surface area contributed by atoms with E-state index in [-0.39, 0.29) is 16.0 Å². The molecule has 1 aliphatic carbocycles. The van der Waals surface area contributed by atoms with Crippen molar-refractivity contribution in [3.8, 4) is 0 Å². The van der Waals surface area contributed by atoms with E-state index in [0.29, 0.717) is 18.1 Å². The van der Waals surface area contributed by atoms with Gasteiger partial charge in [-0.15, -0.1) is 0 Å². The number of non-ortho nitro benzene ring substituents is 1. The van der Waals surface area contributed by atoms with E-state index in [0.717, 1.165) is 25.1 Å². The van der Waals surface area contributed by atoms with Crippen LogP contribution in [0.2, 0.25) is 0 Å². The molecule has 0 amide bonds. The van der Waals surface area contributed by atoms with Crippen LogP contribution in [-0.4, -0.2) is 35.6 Å². The molecule has 1 saturated heterocycles. The largest absolute Gasteiger partial charge is 0.377 e. The Hall–Kier alpha value is -1.46. The van der Waals surface area contributed by atoms with E-state index < -0.39 is 0 Å². The summed E-state index contributed by atoms with van der Waals surface area (Å²) in [6, 6.07) is 7.40. The Morgan fingerprint density at radius 2 is 2.24 bits per heavy atom. The Morgan fingerprint density at radius 1 is 1.48 bits per heavy atom. The predicted octanol–water partition coefficient (Wildman–Crippen LogP) is 2.84. The Bertz CT molecular complexity index is 558. The molecule has 0 aromatic heterocycles. The van der Waals surface area contributed by atoms with Gasteiger partial charge in [0, 0.05) is 42.7 Å². The number of nitrogens with zero attached hydrogens (tertiary/aromatic N) is 2. The number of hydrogen-bond donors (Lipinski definition) is 0. The van der Waals surface area contributed by atoms with Gasteiger partial charge in [0.1, 0.15) is 0 Å². The second kappa shape index (κ2) is 5.07. The molecule has 0 radical (unpaired) electrons. The molecule has 114 valence electrons. The molecule has 1 aromatic carbocycles. The average molecular weight is 290 g/mol. The Balaban J connectivity index is 1.73. The van der Waals surface area contributed by atoms with Crippen LogP contribution in [0.4, 0.5) is 5.69 Å². The van der Waals surface area contributed by atoms with Crippen molar-refractivity contribution in [2.45, 2.75) is 39.0 Å². The zero-order valence-corrected chi connectivity index (χ0v) is 12.8. The molecule has 1 aliphatic heterocycles. The molecular weight excluding hydrogens is 268 g/mol. The lowest BCUT2D eigenvalue weighted by Gasteiger charge is -2.58. The summed E-state index contributed by atoms with van der Waals surface area (Å²) < 4.78 is 5.83. The van der Waals surface area contributed by atoms with Crippen molar-refractivity contribution in [2.75, 3.05) is 13.7 Å². The standard InChI is InChI=1S/C16H22N2O3/c1-16(2)14(13-7-8-21-15(13)16)17(3)10-11-5-4-6-12(9-11)18(19)20/h4-6,9,13-15H,7-8,10H2,1-3H3/t13-,14+,15+/m0/s1. The summed E-state index contributed by atoms with van der Waals surface area (Å²) in [5.41, 5.74) is 1.30. The lowest BCUT2D eigenvalue weighted by molar-refractivity contribution is -0.384. The molecule has 2 aliphatic rings. The normalized spacial score (nSPS) is 30.0. The Kier molecular flexibility index (Phi) is 3.50. The highest BCUT2D eigenvalue weighted by molar-refractivity contribution is 5.34. The van der Waals surface area contributed by atoms with Crippen molar-refractivity contribution in [3.05, 3.63) is 39.9 Å². The van der Waals surface area contributed by atoms with Gasteiger partial charge in [0.25, 0.3) is 5.69 Å². The average Bonchev–Trinajstić information content (AvgIpc) is 2.84. The van der Waals surface area contributed by atoms with Crippen LogP contribution in [0.15, 0.2) is 24.3 Å². The summed E-state index contributed by atoms with van der Waals surface area (Å²) in [6.45, 7) is 6.11. The van der Waals surface area contributed by atoms with Gasteiger partial charge in [0.05, 0.1) is 11.0 Å². The number of hydrogen-bond acceptors (Lipinski definition) is 4. The monoisotopic (exact) mass is 290 g/mol. The summed E-state index contributed by atoms with van der Waals surface area (Å²) in [4.78, 5) is 12.9. The third kappa shape index (κ3) is 2.34. The molecule has 5 nitrogen and oxygen atoms in total. The molecule has 2 fully saturated rings. The molecular formula is C16H22N2O3. The molecule has 0 N–H and O–H groups in total. The molecule has 0 bridgehead atoms. The second-order valence-corrected chi connectivity index (χ2v) is 6.85. The fraction of sp³-hybridized carbons (Fsp3) is 0.625. The lowest BCUT2D eigenvalue weighted by Crippen LogP contribution is -2.65. The molecule has 1 heterocycles. The zero-order valence-electron chi connectivity index (χ0n) is 12.8. The summed E-state index contributed by atoms with van der Waals surface area (Å²) in [5.74, 6) is 0.601. The van der Waals surface area contributed by atoms with Gasteiger partial charge in [-0.2, -0.15) is 0 Å². The van der Waals surface area contributed by atoms with Crippen LogP contribution in [0, 0.1) is 21.4 Å². The predicted molar refractivity (Wildman–Crippen MR) is 80.0 cm³/mol. The van der Waals surface area contributed by atoms with E-state index in [9.17, 15) is 10.1 Å². The number of nitro groups is 1. The van der Waals surface area contributed by atoms with Gasteiger partial charge in [-0.3, -0.25) is 15.0 Å². The summed E-state index contributed by atoms with van der Waals surface area (Å²) in [7, 11) is 2.11. The zero-order chi connectivity index (χ0) is 15.2. The van der Waals surface area contributed by atoms with Gasteiger partial charge in [-0.1, -0.05) is 26.0 Å². The Labute approximate surface area is 125 Å². The van der Waals surface area contributed by atoms with E-state index in [4.69, 9.17) is 4.74 Å². The van der Waals surface area contributed by atoms with Crippen LogP contribution in [0.25, 0.3) is 0 Å². The summed E-state index contributed by atoms with van der Waals surface area (Å²) in [6.07, 6.45) is 1.49. The molecule has 3 atom stereocenters. The van der Waals surface area contributed by atoms with Gasteiger partial charge in [-0.05, 0) is 19.0 Å². The van der Waals surface area contributed by atoms with E-state index in [1.54, 1.807) is 12.1 Å². The maximum absolute atomic E-state index is 10.9. The highest BCUT2D eigenvalue weighted by Gasteiger charge is 2.60. The molecule has 5 heteroatoms. The SMILES string of the molecule is CN(Cc1cccc([N+](=O)[O-])c1)[C@@H]1[C@@H]2CCO[C@H]2C1(C)C. The van der Waals surface area contributed by atoms with E-state index in [1.165, 1.54) is 6.07 Å². The quantitative estimate of drug-likeness (QED) is 0.632. The molecule has 21 heavy (non-hydrogen) atoms. The minimum Gasteiger partial charge on any atom is -0.377 e. The molecule has 3 rings (SSSR count). The maximum atomic E-state index is 10.9. The van der Waals surface area contributed by atoms with Crippen molar-refractivity contribution >= 4 is 5.69 Å². The van der Waals surface area contributed by atoms with Crippen molar-refractivity contribution in [1.29, 1.82) is 0 Å². The third-order valence-corrected chi connectivity index (χ3v) is 5.07. The minimum atomic E-state index is -0.336. The van der Waals surface area contributed by atoms with Gasteiger partial charge in [0.15, 0.2) is 0 Å². The van der Waals surface area contributed by atoms with Crippen molar-refractivity contribution in [2.24, 2.45) is 11.3 Å². The molecule has 1 aromatic rings. The fourth-order valence-electron chi connectivity index (χ4n) is 4.35. The Morgan fingerprint density at radius 3 is 2.95 bits per heavy atom. The fourth-order valence-corrected chi connectivity index (χ4v) is 4.35. The van der Waals surface area contributed by atoms with Crippen LogP contribution in [0.3, 0.4) is 0 Å². The van der Waals surface area contributed by atoms with Crippen LogP contribution in [0.5, 0.6) is 0 Å². The van der Waals surface area contributed by atoms with E-state index >= 15 is 0 Å². The molecule has 1 saturated carbocycles. The molecule has 0 unspecified atom stereocenters. The number of ether oxygens (including phenoxy) is 1. The lowest BCUT2D eigenvalue weighted by atomic mass is 9.57. The van der Waals surface area contributed by atoms with Crippen LogP contribution in [0.1, 0.15) is 25.8 Å². The van der Waals surface area contributed by atoms with Crippen molar-refractivity contribution < 1.29 is 9.66 Å². The first-order valence-electron chi connectivity index (χ1n) is 7.46. The van der Waals surface area contributed by atoms with E-state index in [2.05, 4.69) is 25.8 Å². The highest BCUT2D eigenvalue weighted by atomic mass is 16.6. The van der Waals surface area contributed by atoms with Crippen molar-refractivity contribution in [1.82, 2.24) is 4.90 Å². The van der Waals surface area contributed by atoms with Crippen molar-refractivity contribution in [3.63, 3.8) is 0 Å². The molecule has 0 spiro atoms. The van der Waals surface area contributed by atoms with Gasteiger partial charge in [-0.25, -0.2) is 0 Å². The topological polar surface area (TPSA) is 55.6 Å². The smallest absolute Gasteiger partial charge is 0.269 e. The number of benzene rings is 1. The number of nitro benzene ring substituents is 1. The summed E-state index contributed by atoms with van der Waals surface area (Å²) >= 11 is 0. The van der Waals surface area contributed by atoms with Gasteiger partial charge >= 0.3 is 0 Å². The number of rotatable bonds is 4. The van der Waals surface area contributed by atoms with Crippen LogP contribution in [-0.2, 0) is 11.3 Å². The van der Waals surface area contributed by atoms with Gasteiger partial charge < -0.3 is 4.74 Å². The van der Waals surface area contributed by atoms with Gasteiger partial charge in [0.2, 0.25) is 0 Å². The third-order valence-electron chi connectivity index (χ3n) is 5.07. The van der Waals surface area contributed by atoms with Crippen LogP contribution < -0.4 is 0 Å². The first kappa shape index (κ1) is 14.5. The minimum absolute atomic E-state index is 0.149. The first-order chi connectivity index (χ1) is 9.91. The first-order valence-corrected chi connectivity index (χ1v) is 7.46. The number of fused-ring (bicyclic) bond motifs is 1. The summed E-state index contributed by atoms with van der Waals surface area (Å²) in [5, 5.41) is 10.9. The maximum Gasteiger partial charge on any atom is 0.269 e. The van der Waals surface area contributed by atoms with Crippen LogP contribution >= 0.6 is 0 Å². The van der Waals surface area contributed by atoms with E-state index in [1.807, 2.05) is 6.07 Å². The highest BCUT2D eigenvalue weighted by Crippen LogP contribution is 2.54. The second-order valence-electron chi connectivity index (χ2n) is 6.85.